The molecule has 22 heavy (non-hydrogen) atoms. The van der Waals surface area contributed by atoms with Crippen LogP contribution in [0.2, 0.25) is 0 Å². The molecule has 0 spiro atoms. The van der Waals surface area contributed by atoms with Crippen LogP contribution in [0, 0.1) is 0 Å². The molecule has 1 rings (SSSR count). The van der Waals surface area contributed by atoms with Gasteiger partial charge in [0.25, 0.3) is 0 Å². The molecule has 1 atom stereocenters. The second kappa shape index (κ2) is 9.94. The van der Waals surface area contributed by atoms with Crippen molar-refractivity contribution in [2.75, 3.05) is 37.0 Å². The fourth-order valence-electron chi connectivity index (χ4n) is 1.96. The standard InChI is InChI=1S/C15H24N4O2S/c1-19(12-6-4-3-5-7-12)10-9-17-14(20)13(8-11-22-2)18-15(16)21/h3-7,13H,8-11H2,1-2H3,(H,17,20)(H3,16,18,21). The molecule has 122 valence electrons. The van der Waals surface area contributed by atoms with Crippen molar-refractivity contribution in [3.05, 3.63) is 30.3 Å². The summed E-state index contributed by atoms with van der Waals surface area (Å²) in [5.74, 6) is 0.580. The Morgan fingerprint density at radius 3 is 2.59 bits per heavy atom. The van der Waals surface area contributed by atoms with E-state index in [4.69, 9.17) is 5.73 Å². The van der Waals surface area contributed by atoms with Crippen LogP contribution in [0.5, 0.6) is 0 Å². The number of urea groups is 1. The van der Waals surface area contributed by atoms with Gasteiger partial charge in [-0.3, -0.25) is 4.79 Å². The number of primary amides is 1. The lowest BCUT2D eigenvalue weighted by Crippen LogP contribution is -2.49. The number of nitrogens with two attached hydrogens (primary N) is 1. The Hall–Kier alpha value is -1.89. The van der Waals surface area contributed by atoms with Crippen LogP contribution < -0.4 is 21.3 Å². The first-order chi connectivity index (χ1) is 10.5. The number of nitrogens with one attached hydrogen (secondary N) is 2. The maximum Gasteiger partial charge on any atom is 0.312 e. The SMILES string of the molecule is CSCCC(NC(N)=O)C(=O)NCCN(C)c1ccccc1. The van der Waals surface area contributed by atoms with Gasteiger partial charge in [-0.1, -0.05) is 18.2 Å². The molecule has 4 N–H and O–H groups in total. The van der Waals surface area contributed by atoms with E-state index in [1.54, 1.807) is 11.8 Å². The van der Waals surface area contributed by atoms with Crippen molar-refractivity contribution < 1.29 is 9.59 Å². The maximum atomic E-state index is 12.1. The minimum absolute atomic E-state index is 0.200. The molecule has 0 radical (unpaired) electrons. The summed E-state index contributed by atoms with van der Waals surface area (Å²) in [6, 6.07) is 8.68. The number of rotatable bonds is 9. The number of likely N-dealkylation sites (N-methyl/N-ethyl adjacent to an activating group) is 1. The van der Waals surface area contributed by atoms with Crippen molar-refractivity contribution in [2.45, 2.75) is 12.5 Å². The summed E-state index contributed by atoms with van der Waals surface area (Å²) in [6.07, 6.45) is 2.51. The summed E-state index contributed by atoms with van der Waals surface area (Å²) in [5.41, 5.74) is 6.20. The molecule has 0 fully saturated rings. The first kappa shape index (κ1) is 18.2. The van der Waals surface area contributed by atoms with Gasteiger partial charge in [0.15, 0.2) is 0 Å². The third-order valence-corrected chi connectivity index (χ3v) is 3.83. The van der Waals surface area contributed by atoms with Gasteiger partial charge < -0.3 is 21.3 Å². The molecule has 0 aliphatic rings. The number of carbonyl (C=O) groups is 2. The average Bonchev–Trinajstić information content (AvgIpc) is 2.51. The van der Waals surface area contributed by atoms with Gasteiger partial charge in [-0.2, -0.15) is 11.8 Å². The van der Waals surface area contributed by atoms with Crippen molar-refractivity contribution in [2.24, 2.45) is 5.73 Å². The first-order valence-electron chi connectivity index (χ1n) is 7.13. The van der Waals surface area contributed by atoms with Gasteiger partial charge >= 0.3 is 6.03 Å². The number of hydrogen-bond donors (Lipinski definition) is 3. The van der Waals surface area contributed by atoms with E-state index in [2.05, 4.69) is 15.5 Å². The molecule has 0 aromatic heterocycles. The third kappa shape index (κ3) is 6.71. The fourth-order valence-corrected chi connectivity index (χ4v) is 2.43. The Bertz CT molecular complexity index is 470. The molecule has 7 heteroatoms. The van der Waals surface area contributed by atoms with Gasteiger partial charge in [0.2, 0.25) is 5.91 Å². The lowest BCUT2D eigenvalue weighted by atomic mass is 10.2. The summed E-state index contributed by atoms with van der Waals surface area (Å²) in [7, 11) is 1.97. The van der Waals surface area contributed by atoms with Gasteiger partial charge in [0, 0.05) is 25.8 Å². The van der Waals surface area contributed by atoms with Crippen molar-refractivity contribution >= 4 is 29.4 Å². The van der Waals surface area contributed by atoms with Crippen molar-refractivity contribution in [3.63, 3.8) is 0 Å². The molecule has 0 aliphatic carbocycles. The van der Waals surface area contributed by atoms with Crippen LogP contribution in [-0.4, -0.2) is 50.1 Å². The largest absolute Gasteiger partial charge is 0.373 e. The van der Waals surface area contributed by atoms with Crippen molar-refractivity contribution in [1.29, 1.82) is 0 Å². The summed E-state index contributed by atoms with van der Waals surface area (Å²) in [5, 5.41) is 5.32. The molecule has 1 aromatic carbocycles. The van der Waals surface area contributed by atoms with Gasteiger partial charge in [-0.25, -0.2) is 4.79 Å². The number of amides is 3. The number of anilines is 1. The number of carbonyl (C=O) groups excluding carboxylic acids is 2. The molecular weight excluding hydrogens is 300 g/mol. The van der Waals surface area contributed by atoms with Crippen molar-refractivity contribution in [1.82, 2.24) is 10.6 Å². The highest BCUT2D eigenvalue weighted by Gasteiger charge is 2.18. The van der Waals surface area contributed by atoms with E-state index in [1.165, 1.54) is 0 Å². The van der Waals surface area contributed by atoms with Crippen LogP contribution in [0.1, 0.15) is 6.42 Å². The van der Waals surface area contributed by atoms with E-state index < -0.39 is 12.1 Å². The molecule has 1 unspecified atom stereocenters. The van der Waals surface area contributed by atoms with Gasteiger partial charge in [-0.15, -0.1) is 0 Å². The molecule has 0 bridgehead atoms. The van der Waals surface area contributed by atoms with Crippen LogP contribution >= 0.6 is 11.8 Å². The van der Waals surface area contributed by atoms with E-state index in [1.807, 2.05) is 43.6 Å². The summed E-state index contributed by atoms with van der Waals surface area (Å²) < 4.78 is 0. The van der Waals surface area contributed by atoms with Crippen LogP contribution in [-0.2, 0) is 4.79 Å². The molecule has 3 amide bonds. The van der Waals surface area contributed by atoms with Crippen LogP contribution in [0.3, 0.4) is 0 Å². The van der Waals surface area contributed by atoms with E-state index in [0.29, 0.717) is 19.5 Å². The highest BCUT2D eigenvalue weighted by molar-refractivity contribution is 7.98. The van der Waals surface area contributed by atoms with Gasteiger partial charge in [-0.05, 0) is 30.6 Å². The Morgan fingerprint density at radius 2 is 2.00 bits per heavy atom. The molecule has 6 nitrogen and oxygen atoms in total. The van der Waals surface area contributed by atoms with Crippen LogP contribution in [0.25, 0.3) is 0 Å². The number of benzene rings is 1. The average molecular weight is 324 g/mol. The van der Waals surface area contributed by atoms with Crippen LogP contribution in [0.4, 0.5) is 10.5 Å². The Morgan fingerprint density at radius 1 is 1.32 bits per heavy atom. The molecule has 0 aliphatic heterocycles. The van der Waals surface area contributed by atoms with Crippen molar-refractivity contribution in [3.8, 4) is 0 Å². The highest BCUT2D eigenvalue weighted by atomic mass is 32.2. The fraction of sp³-hybridized carbons (Fsp3) is 0.467. The topological polar surface area (TPSA) is 87.5 Å². The maximum absolute atomic E-state index is 12.1. The van der Waals surface area contributed by atoms with E-state index in [9.17, 15) is 9.59 Å². The zero-order valence-corrected chi connectivity index (χ0v) is 13.9. The predicted octanol–water partition coefficient (Wildman–Crippen LogP) is 1.03. The Balaban J connectivity index is 2.40. The zero-order valence-electron chi connectivity index (χ0n) is 13.0. The number of nitrogens with zero attached hydrogens (tertiary/aromatic N) is 1. The summed E-state index contributed by atoms with van der Waals surface area (Å²) in [6.45, 7) is 1.18. The Labute approximate surface area is 135 Å². The number of hydrogen-bond acceptors (Lipinski definition) is 4. The smallest absolute Gasteiger partial charge is 0.312 e. The van der Waals surface area contributed by atoms with E-state index in [0.717, 1.165) is 11.4 Å². The minimum atomic E-state index is -0.678. The highest BCUT2D eigenvalue weighted by Crippen LogP contribution is 2.09. The zero-order chi connectivity index (χ0) is 16.4. The van der Waals surface area contributed by atoms with Gasteiger partial charge in [0.05, 0.1) is 0 Å². The number of para-hydroxylation sites is 1. The molecule has 0 saturated heterocycles. The lowest BCUT2D eigenvalue weighted by Gasteiger charge is -2.21. The summed E-state index contributed by atoms with van der Waals surface area (Å²) >= 11 is 1.62. The van der Waals surface area contributed by atoms with Crippen LogP contribution in [0.15, 0.2) is 30.3 Å². The Kier molecular flexibility index (Phi) is 8.21. The third-order valence-electron chi connectivity index (χ3n) is 3.19. The molecule has 1 aromatic rings. The molecule has 0 saturated carbocycles. The first-order valence-corrected chi connectivity index (χ1v) is 8.52. The summed E-state index contributed by atoms with van der Waals surface area (Å²) in [4.78, 5) is 25.1. The van der Waals surface area contributed by atoms with E-state index in [-0.39, 0.29) is 5.91 Å². The lowest BCUT2D eigenvalue weighted by molar-refractivity contribution is -0.122. The quantitative estimate of drug-likeness (QED) is 0.633. The minimum Gasteiger partial charge on any atom is -0.373 e. The second-order valence-electron chi connectivity index (χ2n) is 4.89. The molecule has 0 heterocycles. The normalized spacial score (nSPS) is 11.5. The second-order valence-corrected chi connectivity index (χ2v) is 5.88. The monoisotopic (exact) mass is 324 g/mol. The molecular formula is C15H24N4O2S. The predicted molar refractivity (Wildman–Crippen MR) is 92.2 cm³/mol. The number of thioether (sulfide) groups is 1. The van der Waals surface area contributed by atoms with E-state index >= 15 is 0 Å². The van der Waals surface area contributed by atoms with Gasteiger partial charge in [0.1, 0.15) is 6.04 Å².